The number of rotatable bonds is 6. The van der Waals surface area contributed by atoms with E-state index in [-0.39, 0.29) is 6.03 Å². The first-order valence-electron chi connectivity index (χ1n) is 7.58. The quantitative estimate of drug-likeness (QED) is 0.754. The van der Waals surface area contributed by atoms with Crippen LogP contribution in [0.1, 0.15) is 11.1 Å². The molecule has 0 spiro atoms. The maximum atomic E-state index is 12.1. The molecule has 2 aromatic carbocycles. The Morgan fingerprint density at radius 1 is 1.04 bits per heavy atom. The van der Waals surface area contributed by atoms with Crippen molar-refractivity contribution >= 4 is 27.6 Å². The largest absolute Gasteiger partial charge is 0.493 e. The van der Waals surface area contributed by atoms with Crippen LogP contribution in [0, 0.1) is 6.92 Å². The average Bonchev–Trinajstić information content (AvgIpc) is 2.61. The van der Waals surface area contributed by atoms with E-state index in [1.54, 1.807) is 33.5 Å². The zero-order valence-electron chi connectivity index (χ0n) is 14.6. The molecule has 25 heavy (non-hydrogen) atoms. The molecule has 2 amide bonds. The second-order valence-electron chi connectivity index (χ2n) is 5.30. The van der Waals surface area contributed by atoms with Crippen molar-refractivity contribution in [3.63, 3.8) is 0 Å². The van der Waals surface area contributed by atoms with Gasteiger partial charge >= 0.3 is 6.03 Å². The van der Waals surface area contributed by atoms with E-state index < -0.39 is 0 Å². The molecule has 0 aromatic heterocycles. The number of hydrogen-bond acceptors (Lipinski definition) is 4. The van der Waals surface area contributed by atoms with Gasteiger partial charge in [-0.1, -0.05) is 15.9 Å². The lowest BCUT2D eigenvalue weighted by Gasteiger charge is -2.15. The molecule has 0 aliphatic carbocycles. The van der Waals surface area contributed by atoms with Crippen LogP contribution in [0.5, 0.6) is 17.2 Å². The fourth-order valence-electron chi connectivity index (χ4n) is 2.35. The van der Waals surface area contributed by atoms with Gasteiger partial charge < -0.3 is 24.8 Å². The lowest BCUT2D eigenvalue weighted by atomic mass is 10.1. The lowest BCUT2D eigenvalue weighted by molar-refractivity contribution is 0.251. The molecule has 6 nitrogen and oxygen atoms in total. The third-order valence-electron chi connectivity index (χ3n) is 3.61. The maximum Gasteiger partial charge on any atom is 0.319 e. The number of halogens is 1. The van der Waals surface area contributed by atoms with E-state index in [4.69, 9.17) is 14.2 Å². The lowest BCUT2D eigenvalue weighted by Crippen LogP contribution is -2.28. The summed E-state index contributed by atoms with van der Waals surface area (Å²) in [7, 11) is 4.65. The Labute approximate surface area is 155 Å². The Kier molecular flexibility index (Phi) is 6.52. The van der Waals surface area contributed by atoms with Gasteiger partial charge in [0.05, 0.1) is 21.3 Å². The van der Waals surface area contributed by atoms with Crippen molar-refractivity contribution in [3.05, 3.63) is 45.9 Å². The molecule has 2 aromatic rings. The first-order valence-corrected chi connectivity index (χ1v) is 8.37. The van der Waals surface area contributed by atoms with Crippen LogP contribution in [0.4, 0.5) is 10.5 Å². The molecule has 134 valence electrons. The maximum absolute atomic E-state index is 12.1. The first-order chi connectivity index (χ1) is 12.0. The van der Waals surface area contributed by atoms with Gasteiger partial charge in [0.2, 0.25) is 5.75 Å². The molecule has 7 heteroatoms. The van der Waals surface area contributed by atoms with Gasteiger partial charge in [0.25, 0.3) is 0 Å². The van der Waals surface area contributed by atoms with Crippen molar-refractivity contribution in [2.24, 2.45) is 0 Å². The summed E-state index contributed by atoms with van der Waals surface area (Å²) in [6, 6.07) is 8.97. The summed E-state index contributed by atoms with van der Waals surface area (Å²) in [6.45, 7) is 2.25. The van der Waals surface area contributed by atoms with E-state index in [1.165, 1.54) is 0 Å². The van der Waals surface area contributed by atoms with E-state index in [9.17, 15) is 4.79 Å². The van der Waals surface area contributed by atoms with Crippen LogP contribution in [0.2, 0.25) is 0 Å². The minimum atomic E-state index is -0.292. The van der Waals surface area contributed by atoms with Gasteiger partial charge in [-0.05, 0) is 48.4 Å². The van der Waals surface area contributed by atoms with Gasteiger partial charge in [0.15, 0.2) is 11.5 Å². The van der Waals surface area contributed by atoms with Crippen molar-refractivity contribution < 1.29 is 19.0 Å². The number of benzene rings is 2. The van der Waals surface area contributed by atoms with Crippen LogP contribution in [0.25, 0.3) is 0 Å². The zero-order valence-corrected chi connectivity index (χ0v) is 16.2. The van der Waals surface area contributed by atoms with E-state index in [0.717, 1.165) is 21.3 Å². The summed E-state index contributed by atoms with van der Waals surface area (Å²) in [5, 5.41) is 5.65. The van der Waals surface area contributed by atoms with Crippen molar-refractivity contribution in [3.8, 4) is 17.2 Å². The number of amides is 2. The van der Waals surface area contributed by atoms with Crippen molar-refractivity contribution in [1.29, 1.82) is 0 Å². The Balaban J connectivity index is 2.06. The van der Waals surface area contributed by atoms with Gasteiger partial charge in [-0.15, -0.1) is 0 Å². The monoisotopic (exact) mass is 408 g/mol. The molecule has 0 atom stereocenters. The number of nitrogens with one attached hydrogen (secondary N) is 2. The molecule has 0 unspecified atom stereocenters. The molecule has 0 bridgehead atoms. The van der Waals surface area contributed by atoms with Gasteiger partial charge in [-0.25, -0.2) is 4.79 Å². The Hall–Kier alpha value is -2.41. The second-order valence-corrected chi connectivity index (χ2v) is 6.22. The van der Waals surface area contributed by atoms with E-state index in [1.807, 2.05) is 25.1 Å². The number of carbonyl (C=O) groups is 1. The van der Waals surface area contributed by atoms with Gasteiger partial charge in [0.1, 0.15) is 0 Å². The van der Waals surface area contributed by atoms with E-state index >= 15 is 0 Å². The summed E-state index contributed by atoms with van der Waals surface area (Å²) in [6.07, 6.45) is 0. The highest BCUT2D eigenvalue weighted by Crippen LogP contribution is 2.38. The number of carbonyl (C=O) groups excluding carboxylic acids is 1. The summed E-state index contributed by atoms with van der Waals surface area (Å²) in [5.74, 6) is 1.61. The highest BCUT2D eigenvalue weighted by atomic mass is 79.9. The molecular formula is C18H21BrN2O4. The van der Waals surface area contributed by atoms with Crippen LogP contribution in [0.15, 0.2) is 34.8 Å². The Bertz CT molecular complexity index is 740. The number of ether oxygens (including phenoxy) is 3. The molecular weight excluding hydrogens is 388 g/mol. The van der Waals surface area contributed by atoms with Crippen molar-refractivity contribution in [1.82, 2.24) is 5.32 Å². The minimum absolute atomic E-state index is 0.292. The standard InChI is InChI=1S/C18H21BrN2O4/c1-11-7-13(19)5-6-14(11)21-18(22)20-10-12-8-15(23-2)17(25-4)16(9-12)24-3/h5-9H,10H2,1-4H3,(H2,20,21,22). The summed E-state index contributed by atoms with van der Waals surface area (Å²) < 4.78 is 16.9. The number of hydrogen-bond donors (Lipinski definition) is 2. The fraction of sp³-hybridized carbons (Fsp3) is 0.278. The van der Waals surface area contributed by atoms with Crippen LogP contribution in [-0.2, 0) is 6.54 Å². The molecule has 2 rings (SSSR count). The topological polar surface area (TPSA) is 68.8 Å². The minimum Gasteiger partial charge on any atom is -0.493 e. The third kappa shape index (κ3) is 4.79. The molecule has 0 saturated heterocycles. The fourth-order valence-corrected chi connectivity index (χ4v) is 2.83. The van der Waals surface area contributed by atoms with Crippen LogP contribution in [-0.4, -0.2) is 27.4 Å². The number of aryl methyl sites for hydroxylation is 1. The van der Waals surface area contributed by atoms with Crippen LogP contribution < -0.4 is 24.8 Å². The molecule has 0 aliphatic heterocycles. The number of urea groups is 1. The second kappa shape index (κ2) is 8.62. The molecule has 2 N–H and O–H groups in total. The highest BCUT2D eigenvalue weighted by Gasteiger charge is 2.13. The van der Waals surface area contributed by atoms with Crippen LogP contribution in [0.3, 0.4) is 0 Å². The predicted octanol–water partition coefficient (Wildman–Crippen LogP) is 4.11. The first kappa shape index (κ1) is 18.9. The van der Waals surface area contributed by atoms with Gasteiger partial charge in [0, 0.05) is 16.7 Å². The average molecular weight is 409 g/mol. The Morgan fingerprint density at radius 2 is 1.68 bits per heavy atom. The van der Waals surface area contributed by atoms with Crippen molar-refractivity contribution in [2.75, 3.05) is 26.6 Å². The number of methoxy groups -OCH3 is 3. The van der Waals surface area contributed by atoms with Crippen molar-refractivity contribution in [2.45, 2.75) is 13.5 Å². The molecule has 0 aliphatic rings. The van der Waals surface area contributed by atoms with Gasteiger partial charge in [-0.3, -0.25) is 0 Å². The van der Waals surface area contributed by atoms with E-state index in [2.05, 4.69) is 26.6 Å². The molecule has 0 fully saturated rings. The number of anilines is 1. The van der Waals surface area contributed by atoms with Gasteiger partial charge in [-0.2, -0.15) is 0 Å². The summed E-state index contributed by atoms with van der Waals surface area (Å²) in [4.78, 5) is 12.1. The zero-order chi connectivity index (χ0) is 18.4. The third-order valence-corrected chi connectivity index (χ3v) is 4.11. The van der Waals surface area contributed by atoms with E-state index in [0.29, 0.717) is 23.8 Å². The Morgan fingerprint density at radius 3 is 2.20 bits per heavy atom. The van der Waals surface area contributed by atoms with Crippen LogP contribution >= 0.6 is 15.9 Å². The highest BCUT2D eigenvalue weighted by molar-refractivity contribution is 9.10. The SMILES string of the molecule is COc1cc(CNC(=O)Nc2ccc(Br)cc2C)cc(OC)c1OC. The summed E-state index contributed by atoms with van der Waals surface area (Å²) in [5.41, 5.74) is 2.56. The molecule has 0 radical (unpaired) electrons. The normalized spacial score (nSPS) is 10.1. The predicted molar refractivity (Wildman–Crippen MR) is 101 cm³/mol. The molecule has 0 saturated carbocycles. The summed E-state index contributed by atoms with van der Waals surface area (Å²) >= 11 is 3.40. The smallest absolute Gasteiger partial charge is 0.319 e. The molecule has 0 heterocycles.